The summed E-state index contributed by atoms with van der Waals surface area (Å²) >= 11 is 0. The number of hydrogen-bond donors (Lipinski definition) is 0. The summed E-state index contributed by atoms with van der Waals surface area (Å²) < 4.78 is 11.9. The monoisotopic (exact) mass is 436 g/mol. The van der Waals surface area contributed by atoms with Crippen LogP contribution in [0.15, 0.2) is 35.0 Å². The Morgan fingerprint density at radius 3 is 2.75 bits per heavy atom. The van der Waals surface area contributed by atoms with Crippen LogP contribution in [-0.4, -0.2) is 45.8 Å². The molecule has 1 aliphatic rings. The lowest BCUT2D eigenvalue weighted by Crippen LogP contribution is -2.38. The van der Waals surface area contributed by atoms with Gasteiger partial charge in [0, 0.05) is 37.5 Å². The Morgan fingerprint density at radius 2 is 1.94 bits per heavy atom. The van der Waals surface area contributed by atoms with Gasteiger partial charge in [-0.25, -0.2) is 0 Å². The van der Waals surface area contributed by atoms with Crippen molar-refractivity contribution in [1.29, 1.82) is 0 Å². The van der Waals surface area contributed by atoms with E-state index in [1.807, 2.05) is 12.3 Å². The highest BCUT2D eigenvalue weighted by molar-refractivity contribution is 5.85. The van der Waals surface area contributed by atoms with E-state index >= 15 is 0 Å². The first-order valence-electron chi connectivity index (χ1n) is 12.3. The third kappa shape index (κ3) is 6.06. The average molecular weight is 437 g/mol. The Labute approximate surface area is 191 Å². The molecule has 1 saturated heterocycles. The molecule has 32 heavy (non-hydrogen) atoms. The van der Waals surface area contributed by atoms with Crippen LogP contribution in [0.5, 0.6) is 5.75 Å². The predicted molar refractivity (Wildman–Crippen MR) is 127 cm³/mol. The van der Waals surface area contributed by atoms with Crippen molar-refractivity contribution in [3.8, 4) is 5.75 Å². The van der Waals surface area contributed by atoms with Gasteiger partial charge >= 0.3 is 0 Å². The van der Waals surface area contributed by atoms with Gasteiger partial charge in [-0.15, -0.1) is 0 Å². The zero-order valence-corrected chi connectivity index (χ0v) is 19.6. The van der Waals surface area contributed by atoms with Crippen molar-refractivity contribution >= 4 is 10.9 Å². The first-order valence-corrected chi connectivity index (χ1v) is 12.3. The second kappa shape index (κ2) is 11.4. The molecule has 0 amide bonds. The van der Waals surface area contributed by atoms with E-state index in [9.17, 15) is 0 Å². The molecule has 6 heteroatoms. The van der Waals surface area contributed by atoms with Crippen molar-refractivity contribution in [3.63, 3.8) is 0 Å². The number of nitrogens with zero attached hydrogens (tertiary/aromatic N) is 4. The van der Waals surface area contributed by atoms with E-state index in [1.165, 1.54) is 23.8 Å². The molecule has 0 saturated carbocycles. The largest absolute Gasteiger partial charge is 0.488 e. The van der Waals surface area contributed by atoms with Crippen LogP contribution in [0.1, 0.15) is 69.7 Å². The number of likely N-dealkylation sites (tertiary alicyclic amines) is 1. The van der Waals surface area contributed by atoms with Crippen molar-refractivity contribution in [2.24, 2.45) is 0 Å². The molecule has 1 aromatic carbocycles. The van der Waals surface area contributed by atoms with Crippen molar-refractivity contribution in [1.82, 2.24) is 20.0 Å². The number of ether oxygens (including phenoxy) is 1. The van der Waals surface area contributed by atoms with E-state index in [0.29, 0.717) is 0 Å². The standard InChI is InChI=1S/C26H36N4O2/c1-3-5-9-20-18-21-10-6-14-27-26(21)23(19-20)31-22-12-16-30(17-13-22)15-7-11-25-28-24(8-4-2)29-32-25/h6,10,14,18-19,22H,3-5,7-9,11-13,15-17H2,1-2H3. The zero-order valence-electron chi connectivity index (χ0n) is 19.6. The molecule has 0 bridgehead atoms. The lowest BCUT2D eigenvalue weighted by Gasteiger charge is -2.32. The van der Waals surface area contributed by atoms with Gasteiger partial charge in [-0.1, -0.05) is 31.5 Å². The van der Waals surface area contributed by atoms with Gasteiger partial charge in [0.1, 0.15) is 17.4 Å². The average Bonchev–Trinajstić information content (AvgIpc) is 3.26. The fraction of sp³-hybridized carbons (Fsp3) is 0.577. The number of pyridine rings is 1. The van der Waals surface area contributed by atoms with Crippen molar-refractivity contribution in [2.75, 3.05) is 19.6 Å². The van der Waals surface area contributed by atoms with Crippen LogP contribution in [0.25, 0.3) is 10.9 Å². The highest BCUT2D eigenvalue weighted by atomic mass is 16.5. The summed E-state index contributed by atoms with van der Waals surface area (Å²) in [5, 5.41) is 5.22. The lowest BCUT2D eigenvalue weighted by molar-refractivity contribution is 0.101. The maximum absolute atomic E-state index is 6.51. The molecule has 0 atom stereocenters. The smallest absolute Gasteiger partial charge is 0.226 e. The minimum Gasteiger partial charge on any atom is -0.488 e. The Bertz CT molecular complexity index is 979. The number of hydrogen-bond acceptors (Lipinski definition) is 6. The summed E-state index contributed by atoms with van der Waals surface area (Å²) in [6.45, 7) is 7.56. The van der Waals surface area contributed by atoms with Crippen LogP contribution >= 0.6 is 0 Å². The summed E-state index contributed by atoms with van der Waals surface area (Å²) in [6.07, 6.45) is 11.6. The molecule has 3 heterocycles. The minimum absolute atomic E-state index is 0.255. The molecular weight excluding hydrogens is 400 g/mol. The number of piperidine rings is 1. The fourth-order valence-electron chi connectivity index (χ4n) is 4.43. The first kappa shape index (κ1) is 22.7. The molecule has 0 N–H and O–H groups in total. The second-order valence-electron chi connectivity index (χ2n) is 8.89. The topological polar surface area (TPSA) is 64.3 Å². The van der Waals surface area contributed by atoms with E-state index in [2.05, 4.69) is 52.1 Å². The third-order valence-corrected chi connectivity index (χ3v) is 6.23. The summed E-state index contributed by atoms with van der Waals surface area (Å²) in [5.41, 5.74) is 2.33. The normalized spacial score (nSPS) is 15.4. The maximum atomic E-state index is 6.51. The quantitative estimate of drug-likeness (QED) is 0.402. The molecule has 0 spiro atoms. The molecule has 3 aromatic rings. The van der Waals surface area contributed by atoms with Gasteiger partial charge in [0.05, 0.1) is 0 Å². The molecular formula is C26H36N4O2. The van der Waals surface area contributed by atoms with E-state index < -0.39 is 0 Å². The number of unbranched alkanes of at least 4 members (excludes halogenated alkanes) is 1. The molecule has 0 aliphatic carbocycles. The van der Waals surface area contributed by atoms with Gasteiger partial charge in [-0.3, -0.25) is 4.98 Å². The van der Waals surface area contributed by atoms with E-state index in [0.717, 1.165) is 87.6 Å². The Balaban J connectivity index is 1.27. The molecule has 0 unspecified atom stereocenters. The lowest BCUT2D eigenvalue weighted by atomic mass is 10.0. The number of fused-ring (bicyclic) bond motifs is 1. The molecule has 1 aliphatic heterocycles. The second-order valence-corrected chi connectivity index (χ2v) is 8.89. The van der Waals surface area contributed by atoms with Crippen LogP contribution in [0.2, 0.25) is 0 Å². The zero-order chi connectivity index (χ0) is 22.2. The van der Waals surface area contributed by atoms with Gasteiger partial charge in [0.2, 0.25) is 5.89 Å². The van der Waals surface area contributed by atoms with Gasteiger partial charge in [-0.2, -0.15) is 4.98 Å². The summed E-state index contributed by atoms with van der Waals surface area (Å²) in [6, 6.07) is 8.63. The van der Waals surface area contributed by atoms with Crippen molar-refractivity contribution in [2.45, 2.75) is 77.7 Å². The minimum atomic E-state index is 0.255. The van der Waals surface area contributed by atoms with Crippen LogP contribution in [0.3, 0.4) is 0 Å². The van der Waals surface area contributed by atoms with Crippen LogP contribution in [0.4, 0.5) is 0 Å². The van der Waals surface area contributed by atoms with Gasteiger partial charge < -0.3 is 14.2 Å². The predicted octanol–water partition coefficient (Wildman–Crippen LogP) is 5.39. The molecule has 1 fully saturated rings. The van der Waals surface area contributed by atoms with Gasteiger partial charge in [-0.05, 0) is 68.8 Å². The van der Waals surface area contributed by atoms with Crippen molar-refractivity contribution < 1.29 is 9.26 Å². The fourth-order valence-corrected chi connectivity index (χ4v) is 4.43. The maximum Gasteiger partial charge on any atom is 0.226 e. The van der Waals surface area contributed by atoms with Crippen LogP contribution in [0, 0.1) is 0 Å². The molecule has 4 rings (SSSR count). The Kier molecular flexibility index (Phi) is 8.10. The molecule has 6 nitrogen and oxygen atoms in total. The third-order valence-electron chi connectivity index (χ3n) is 6.23. The summed E-state index contributed by atoms with van der Waals surface area (Å²) in [5.74, 6) is 2.56. The highest BCUT2D eigenvalue weighted by Crippen LogP contribution is 2.29. The SMILES string of the molecule is CCCCc1cc(OC2CCN(CCCc3nc(CCC)no3)CC2)c2ncccc2c1. The van der Waals surface area contributed by atoms with Gasteiger partial charge in [0.15, 0.2) is 5.82 Å². The van der Waals surface area contributed by atoms with Crippen LogP contribution in [-0.2, 0) is 19.3 Å². The number of benzene rings is 1. The molecule has 2 aromatic heterocycles. The summed E-state index contributed by atoms with van der Waals surface area (Å²) in [4.78, 5) is 11.6. The van der Waals surface area contributed by atoms with Gasteiger partial charge in [0.25, 0.3) is 0 Å². The number of rotatable bonds is 11. The number of aromatic nitrogens is 3. The molecule has 172 valence electrons. The first-order chi connectivity index (χ1) is 15.7. The van der Waals surface area contributed by atoms with Crippen molar-refractivity contribution in [3.05, 3.63) is 47.7 Å². The van der Waals surface area contributed by atoms with E-state index in [1.54, 1.807) is 0 Å². The number of aryl methyl sites for hydroxylation is 3. The summed E-state index contributed by atoms with van der Waals surface area (Å²) in [7, 11) is 0. The Morgan fingerprint density at radius 1 is 1.06 bits per heavy atom. The Hall–Kier alpha value is -2.47. The van der Waals surface area contributed by atoms with E-state index in [4.69, 9.17) is 9.26 Å². The van der Waals surface area contributed by atoms with E-state index in [-0.39, 0.29) is 6.10 Å². The van der Waals surface area contributed by atoms with Crippen LogP contribution < -0.4 is 4.74 Å². The highest BCUT2D eigenvalue weighted by Gasteiger charge is 2.21. The molecule has 0 radical (unpaired) electrons.